The fraction of sp³-hybridized carbons (Fsp3) is 0. The van der Waals surface area contributed by atoms with E-state index in [1.54, 1.807) is 0 Å². The van der Waals surface area contributed by atoms with Crippen LogP contribution in [-0.4, -0.2) is 19.5 Å². The molecular weight excluding hydrogens is 757 g/mol. The molecule has 0 aliphatic heterocycles. The van der Waals surface area contributed by atoms with Crippen LogP contribution in [0, 0.1) is 0 Å². The summed E-state index contributed by atoms with van der Waals surface area (Å²) in [4.78, 5) is 15.6. The van der Waals surface area contributed by atoms with Gasteiger partial charge in [-0.25, -0.2) is 15.0 Å². The molecule has 3 aromatic heterocycles. The Kier molecular flexibility index (Phi) is 7.54. The van der Waals surface area contributed by atoms with Gasteiger partial charge in [0, 0.05) is 49.0 Å². The second-order valence-corrected chi connectivity index (χ2v) is 16.0. The van der Waals surface area contributed by atoms with Crippen molar-refractivity contribution < 1.29 is 4.42 Å². The van der Waals surface area contributed by atoms with Crippen molar-refractivity contribution in [2.75, 3.05) is 0 Å². The van der Waals surface area contributed by atoms with Crippen molar-refractivity contribution in [3.05, 3.63) is 206 Å². The van der Waals surface area contributed by atoms with Gasteiger partial charge in [-0.1, -0.05) is 170 Å². The highest BCUT2D eigenvalue weighted by atomic mass is 16.3. The van der Waals surface area contributed by atoms with E-state index in [2.05, 4.69) is 168 Å². The highest BCUT2D eigenvalue weighted by Crippen LogP contribution is 2.45. The average molecular weight is 791 g/mol. The lowest BCUT2D eigenvalue weighted by atomic mass is 10.0. The fourth-order valence-electron chi connectivity index (χ4n) is 9.54. The standard InChI is InChI=1S/C57H34N4O/c1-3-15-35(16-4-1)38-22-13-23-41(31-38)56-58-55(37-18-5-2-6-19-37)59-57(60-56)45-27-14-28-51-53(45)47-34-50(43-25-11-12-26-44(43)54(47)62-51)61-48-30-29-36-17-9-10-24-42(36)52(48)46-32-39-20-7-8-21-40(39)33-49(46)61/h1-34H. The molecule has 0 saturated carbocycles. The molecule has 13 rings (SSSR count). The van der Waals surface area contributed by atoms with Gasteiger partial charge in [-0.15, -0.1) is 0 Å². The molecule has 288 valence electrons. The smallest absolute Gasteiger partial charge is 0.164 e. The monoisotopic (exact) mass is 790 g/mol. The molecule has 0 N–H and O–H groups in total. The minimum absolute atomic E-state index is 0.580. The van der Waals surface area contributed by atoms with Crippen molar-refractivity contribution in [2.24, 2.45) is 0 Å². The molecule has 62 heavy (non-hydrogen) atoms. The molecule has 0 fully saturated rings. The van der Waals surface area contributed by atoms with Crippen molar-refractivity contribution in [2.45, 2.75) is 0 Å². The Morgan fingerprint density at radius 3 is 1.76 bits per heavy atom. The molecular formula is C57H34N4O. The Balaban J connectivity index is 1.11. The van der Waals surface area contributed by atoms with E-state index < -0.39 is 0 Å². The average Bonchev–Trinajstić information content (AvgIpc) is 3.89. The van der Waals surface area contributed by atoms with Crippen LogP contribution < -0.4 is 0 Å². The SMILES string of the molecule is c1ccc(-c2cccc(-c3nc(-c4ccccc4)nc(-c4cccc5oc6c7ccccc7c(-n7c8cc9ccccc9cc8c8c9ccccc9ccc87)cc6c45)n3)c2)cc1. The quantitative estimate of drug-likeness (QED) is 0.174. The van der Waals surface area contributed by atoms with Crippen molar-refractivity contribution in [3.63, 3.8) is 0 Å². The normalized spacial score (nSPS) is 11.9. The minimum Gasteiger partial charge on any atom is -0.455 e. The zero-order valence-corrected chi connectivity index (χ0v) is 33.3. The lowest BCUT2D eigenvalue weighted by Crippen LogP contribution is -2.00. The van der Waals surface area contributed by atoms with Crippen LogP contribution in [0.1, 0.15) is 0 Å². The van der Waals surface area contributed by atoms with Gasteiger partial charge < -0.3 is 8.98 Å². The summed E-state index contributed by atoms with van der Waals surface area (Å²) < 4.78 is 9.36. The second-order valence-electron chi connectivity index (χ2n) is 16.0. The van der Waals surface area contributed by atoms with E-state index in [9.17, 15) is 0 Å². The second kappa shape index (κ2) is 13.6. The van der Waals surface area contributed by atoms with E-state index in [0.29, 0.717) is 17.5 Å². The zero-order chi connectivity index (χ0) is 40.7. The molecule has 0 radical (unpaired) electrons. The lowest BCUT2D eigenvalue weighted by Gasteiger charge is -2.13. The molecule has 0 aliphatic rings. The number of rotatable bonds is 5. The molecule has 0 saturated heterocycles. The molecule has 10 aromatic carbocycles. The number of furan rings is 1. The van der Waals surface area contributed by atoms with Crippen LogP contribution in [-0.2, 0) is 0 Å². The summed E-state index contributed by atoms with van der Waals surface area (Å²) >= 11 is 0. The lowest BCUT2D eigenvalue weighted by molar-refractivity contribution is 0.672. The summed E-state index contributed by atoms with van der Waals surface area (Å²) in [5, 5.41) is 11.4. The predicted octanol–water partition coefficient (Wildman–Crippen LogP) is 15.0. The molecule has 0 amide bonds. The fourth-order valence-corrected chi connectivity index (χ4v) is 9.54. The zero-order valence-electron chi connectivity index (χ0n) is 33.3. The number of nitrogens with zero attached hydrogens (tertiary/aromatic N) is 4. The van der Waals surface area contributed by atoms with Crippen molar-refractivity contribution in [1.82, 2.24) is 19.5 Å². The highest BCUT2D eigenvalue weighted by molar-refractivity contribution is 6.25. The molecule has 0 unspecified atom stereocenters. The molecule has 13 aromatic rings. The van der Waals surface area contributed by atoms with Gasteiger partial charge in [-0.3, -0.25) is 0 Å². The summed E-state index contributed by atoms with van der Waals surface area (Å²) in [6, 6.07) is 72.7. The Morgan fingerprint density at radius 1 is 0.339 bits per heavy atom. The van der Waals surface area contributed by atoms with Crippen LogP contribution in [0.15, 0.2) is 211 Å². The first-order chi connectivity index (χ1) is 30.7. The van der Waals surface area contributed by atoms with Crippen molar-refractivity contribution >= 4 is 76.1 Å². The summed E-state index contributed by atoms with van der Waals surface area (Å²) in [5.74, 6) is 1.79. The number of aromatic nitrogens is 4. The maximum Gasteiger partial charge on any atom is 0.164 e. The third-order valence-corrected chi connectivity index (χ3v) is 12.4. The van der Waals surface area contributed by atoms with Gasteiger partial charge in [0.05, 0.1) is 16.7 Å². The van der Waals surface area contributed by atoms with Gasteiger partial charge in [0.15, 0.2) is 17.5 Å². The Hall–Kier alpha value is -8.41. The predicted molar refractivity (Wildman–Crippen MR) is 256 cm³/mol. The molecule has 0 spiro atoms. The van der Waals surface area contributed by atoms with E-state index >= 15 is 0 Å². The maximum atomic E-state index is 6.90. The van der Waals surface area contributed by atoms with Crippen LogP contribution in [0.2, 0.25) is 0 Å². The van der Waals surface area contributed by atoms with E-state index in [1.165, 1.54) is 32.3 Å². The van der Waals surface area contributed by atoms with Crippen LogP contribution >= 0.6 is 0 Å². The van der Waals surface area contributed by atoms with Gasteiger partial charge in [-0.05, 0) is 69.1 Å². The minimum atomic E-state index is 0.580. The van der Waals surface area contributed by atoms with E-state index in [0.717, 1.165) is 77.2 Å². The van der Waals surface area contributed by atoms with E-state index in [4.69, 9.17) is 19.4 Å². The van der Waals surface area contributed by atoms with Gasteiger partial charge in [0.1, 0.15) is 11.2 Å². The van der Waals surface area contributed by atoms with Gasteiger partial charge in [0.2, 0.25) is 0 Å². The largest absolute Gasteiger partial charge is 0.455 e. The van der Waals surface area contributed by atoms with Gasteiger partial charge in [-0.2, -0.15) is 0 Å². The molecule has 3 heterocycles. The molecule has 0 bridgehead atoms. The number of benzene rings is 10. The third kappa shape index (κ3) is 5.32. The maximum absolute atomic E-state index is 6.90. The van der Waals surface area contributed by atoms with Gasteiger partial charge >= 0.3 is 0 Å². The first kappa shape index (κ1) is 34.5. The first-order valence-electron chi connectivity index (χ1n) is 20.9. The Morgan fingerprint density at radius 2 is 0.952 bits per heavy atom. The van der Waals surface area contributed by atoms with Gasteiger partial charge in [0.25, 0.3) is 0 Å². The summed E-state index contributed by atoms with van der Waals surface area (Å²) in [5.41, 5.74) is 9.92. The van der Waals surface area contributed by atoms with Crippen LogP contribution in [0.5, 0.6) is 0 Å². The van der Waals surface area contributed by atoms with Crippen LogP contribution in [0.25, 0.3) is 127 Å². The number of fused-ring (bicyclic) bond motifs is 11. The molecule has 0 aliphatic carbocycles. The highest BCUT2D eigenvalue weighted by Gasteiger charge is 2.23. The summed E-state index contributed by atoms with van der Waals surface area (Å²) in [6.45, 7) is 0. The Labute approximate surface area is 355 Å². The third-order valence-electron chi connectivity index (χ3n) is 12.4. The number of hydrogen-bond acceptors (Lipinski definition) is 4. The first-order valence-corrected chi connectivity index (χ1v) is 20.9. The summed E-state index contributed by atoms with van der Waals surface area (Å²) in [6.07, 6.45) is 0. The molecule has 5 heteroatoms. The van der Waals surface area contributed by atoms with Crippen molar-refractivity contribution in [3.8, 4) is 51.0 Å². The summed E-state index contributed by atoms with van der Waals surface area (Å²) in [7, 11) is 0. The Bertz CT molecular complexity index is 3920. The molecule has 0 atom stereocenters. The van der Waals surface area contributed by atoms with Crippen LogP contribution in [0.3, 0.4) is 0 Å². The van der Waals surface area contributed by atoms with E-state index in [-0.39, 0.29) is 0 Å². The van der Waals surface area contributed by atoms with E-state index in [1.807, 2.05) is 42.5 Å². The molecule has 5 nitrogen and oxygen atoms in total. The van der Waals surface area contributed by atoms with Crippen LogP contribution in [0.4, 0.5) is 0 Å². The topological polar surface area (TPSA) is 56.7 Å². The van der Waals surface area contributed by atoms with Crippen molar-refractivity contribution in [1.29, 1.82) is 0 Å². The number of hydrogen-bond donors (Lipinski definition) is 0.